The van der Waals surface area contributed by atoms with Crippen molar-refractivity contribution in [1.82, 2.24) is 20.2 Å². The van der Waals surface area contributed by atoms with E-state index in [1.54, 1.807) is 14.2 Å². The van der Waals surface area contributed by atoms with Gasteiger partial charge in [-0.25, -0.2) is 4.98 Å². The Morgan fingerprint density at radius 3 is 2.55 bits per heavy atom. The Balaban J connectivity index is 1.46. The molecular weight excluding hydrogens is 440 g/mol. The van der Waals surface area contributed by atoms with Crippen LogP contribution in [0.2, 0.25) is 0 Å². The van der Waals surface area contributed by atoms with E-state index in [4.69, 9.17) is 9.47 Å². The van der Waals surface area contributed by atoms with Crippen molar-refractivity contribution in [3.05, 3.63) is 51.7 Å². The molecule has 174 valence electrons. The van der Waals surface area contributed by atoms with Gasteiger partial charge in [0.15, 0.2) is 5.82 Å². The third-order valence-electron chi connectivity index (χ3n) is 5.97. The number of carbonyl (C=O) groups is 2. The minimum absolute atomic E-state index is 0.0190. The van der Waals surface area contributed by atoms with Crippen molar-refractivity contribution in [2.75, 3.05) is 27.3 Å². The summed E-state index contributed by atoms with van der Waals surface area (Å²) < 4.78 is 10.6. The highest BCUT2D eigenvalue weighted by atomic mass is 32.1. The van der Waals surface area contributed by atoms with E-state index >= 15 is 0 Å². The van der Waals surface area contributed by atoms with Crippen molar-refractivity contribution in [2.45, 2.75) is 39.3 Å². The second-order valence-corrected chi connectivity index (χ2v) is 9.17. The number of aryl methyl sites for hydroxylation is 2. The standard InChI is InChI=1S/C24H28N4O4S/c1-14-7-5-6-8-17(14)21(29)25-16-9-11-28(12-10-16)24(30)20-15(2)19-22(32-4)26-18(13-31-3)27-23(19)33-20/h5-8,16H,9-13H2,1-4H3,(H,25,29). The molecule has 0 bridgehead atoms. The van der Waals surface area contributed by atoms with E-state index in [9.17, 15) is 9.59 Å². The summed E-state index contributed by atoms with van der Waals surface area (Å²) in [7, 11) is 3.15. The zero-order valence-electron chi connectivity index (χ0n) is 19.3. The number of rotatable bonds is 6. The van der Waals surface area contributed by atoms with Gasteiger partial charge in [-0.15, -0.1) is 11.3 Å². The second-order valence-electron chi connectivity index (χ2n) is 8.17. The molecule has 8 nitrogen and oxygen atoms in total. The first kappa shape index (κ1) is 23.1. The largest absolute Gasteiger partial charge is 0.480 e. The smallest absolute Gasteiger partial charge is 0.264 e. The van der Waals surface area contributed by atoms with Gasteiger partial charge in [-0.2, -0.15) is 4.98 Å². The number of thiophene rings is 1. The first-order valence-corrected chi connectivity index (χ1v) is 11.7. The van der Waals surface area contributed by atoms with Gasteiger partial charge in [0, 0.05) is 31.8 Å². The van der Waals surface area contributed by atoms with E-state index in [0.717, 1.165) is 21.3 Å². The SMILES string of the molecule is COCc1nc(OC)c2c(C)c(C(=O)N3CCC(NC(=O)c4ccccc4C)CC3)sc2n1. The number of nitrogens with one attached hydrogen (secondary N) is 1. The number of amides is 2. The van der Waals surface area contributed by atoms with Crippen molar-refractivity contribution >= 4 is 33.4 Å². The Labute approximate surface area is 196 Å². The molecule has 2 aromatic heterocycles. The first-order valence-electron chi connectivity index (χ1n) is 10.9. The van der Waals surface area contributed by atoms with Gasteiger partial charge in [-0.3, -0.25) is 9.59 Å². The lowest BCUT2D eigenvalue weighted by Gasteiger charge is -2.32. The van der Waals surface area contributed by atoms with E-state index in [-0.39, 0.29) is 24.5 Å². The molecule has 3 heterocycles. The van der Waals surface area contributed by atoms with Gasteiger partial charge in [0.2, 0.25) is 5.88 Å². The van der Waals surface area contributed by atoms with E-state index in [1.807, 2.05) is 43.0 Å². The number of aromatic nitrogens is 2. The van der Waals surface area contributed by atoms with Crippen LogP contribution < -0.4 is 10.1 Å². The minimum Gasteiger partial charge on any atom is -0.480 e. The molecule has 2 amide bonds. The molecule has 1 fully saturated rings. The number of benzene rings is 1. The summed E-state index contributed by atoms with van der Waals surface area (Å²) in [6, 6.07) is 7.61. The molecule has 0 unspecified atom stereocenters. The zero-order valence-corrected chi connectivity index (χ0v) is 20.1. The Bertz CT molecular complexity index is 1180. The van der Waals surface area contributed by atoms with Crippen LogP contribution in [0.4, 0.5) is 0 Å². The van der Waals surface area contributed by atoms with Crippen LogP contribution in [0.1, 0.15) is 49.8 Å². The molecule has 1 aliphatic heterocycles. The topological polar surface area (TPSA) is 93.7 Å². The molecule has 9 heteroatoms. The Morgan fingerprint density at radius 1 is 1.15 bits per heavy atom. The maximum Gasteiger partial charge on any atom is 0.264 e. The normalized spacial score (nSPS) is 14.5. The second kappa shape index (κ2) is 9.84. The predicted octanol–water partition coefficient (Wildman–Crippen LogP) is 3.50. The van der Waals surface area contributed by atoms with Crippen LogP contribution in [0.15, 0.2) is 24.3 Å². The summed E-state index contributed by atoms with van der Waals surface area (Å²) in [4.78, 5) is 38.1. The number of fused-ring (bicyclic) bond motifs is 1. The van der Waals surface area contributed by atoms with Gasteiger partial charge >= 0.3 is 0 Å². The summed E-state index contributed by atoms with van der Waals surface area (Å²) in [5.74, 6) is 0.898. The molecule has 1 aliphatic rings. The fourth-order valence-corrected chi connectivity index (χ4v) is 5.31. The molecule has 0 atom stereocenters. The highest BCUT2D eigenvalue weighted by Gasteiger charge is 2.28. The lowest BCUT2D eigenvalue weighted by molar-refractivity contribution is 0.0702. The third-order valence-corrected chi connectivity index (χ3v) is 7.15. The lowest BCUT2D eigenvalue weighted by Crippen LogP contribution is -2.46. The summed E-state index contributed by atoms with van der Waals surface area (Å²) in [5, 5.41) is 3.89. The monoisotopic (exact) mass is 468 g/mol. The highest BCUT2D eigenvalue weighted by Crippen LogP contribution is 2.36. The molecular formula is C24H28N4O4S. The van der Waals surface area contributed by atoms with Crippen molar-refractivity contribution in [3.63, 3.8) is 0 Å². The van der Waals surface area contributed by atoms with E-state index in [1.165, 1.54) is 11.3 Å². The highest BCUT2D eigenvalue weighted by molar-refractivity contribution is 7.20. The zero-order chi connectivity index (χ0) is 23.5. The Kier molecular flexibility index (Phi) is 6.90. The van der Waals surface area contributed by atoms with Crippen molar-refractivity contribution in [1.29, 1.82) is 0 Å². The van der Waals surface area contributed by atoms with Gasteiger partial charge in [-0.05, 0) is 43.9 Å². The van der Waals surface area contributed by atoms with Gasteiger partial charge in [0.05, 0.1) is 17.4 Å². The van der Waals surface area contributed by atoms with Crippen molar-refractivity contribution in [2.24, 2.45) is 0 Å². The maximum atomic E-state index is 13.3. The molecule has 3 aromatic rings. The van der Waals surface area contributed by atoms with Crippen LogP contribution in [-0.2, 0) is 11.3 Å². The molecule has 0 radical (unpaired) electrons. The van der Waals surface area contributed by atoms with Gasteiger partial charge in [0.25, 0.3) is 11.8 Å². The number of hydrogen-bond acceptors (Lipinski definition) is 7. The van der Waals surface area contributed by atoms with Crippen LogP contribution >= 0.6 is 11.3 Å². The minimum atomic E-state index is -0.0595. The average Bonchev–Trinajstić information content (AvgIpc) is 3.15. The van der Waals surface area contributed by atoms with Crippen LogP contribution in [-0.4, -0.2) is 60.0 Å². The van der Waals surface area contributed by atoms with Gasteiger partial charge < -0.3 is 19.7 Å². The molecule has 1 aromatic carbocycles. The number of carbonyl (C=O) groups excluding carboxylic acids is 2. The molecule has 33 heavy (non-hydrogen) atoms. The average molecular weight is 469 g/mol. The Morgan fingerprint density at radius 2 is 1.88 bits per heavy atom. The predicted molar refractivity (Wildman–Crippen MR) is 127 cm³/mol. The van der Waals surface area contributed by atoms with Gasteiger partial charge in [0.1, 0.15) is 11.4 Å². The number of piperidine rings is 1. The molecule has 1 saturated heterocycles. The number of ether oxygens (including phenoxy) is 2. The Hall–Kier alpha value is -3.04. The summed E-state index contributed by atoms with van der Waals surface area (Å²) >= 11 is 1.36. The summed E-state index contributed by atoms with van der Waals surface area (Å²) in [5.41, 5.74) is 2.48. The quantitative estimate of drug-likeness (QED) is 0.595. The molecule has 4 rings (SSSR count). The number of hydrogen-bond donors (Lipinski definition) is 1. The molecule has 0 aliphatic carbocycles. The van der Waals surface area contributed by atoms with Crippen LogP contribution in [0, 0.1) is 13.8 Å². The van der Waals surface area contributed by atoms with Crippen LogP contribution in [0.5, 0.6) is 5.88 Å². The number of nitrogens with zero attached hydrogens (tertiary/aromatic N) is 3. The van der Waals surface area contributed by atoms with E-state index in [2.05, 4.69) is 15.3 Å². The van der Waals surface area contributed by atoms with Crippen molar-refractivity contribution < 1.29 is 19.1 Å². The molecule has 0 saturated carbocycles. The fourth-order valence-electron chi connectivity index (χ4n) is 4.15. The van der Waals surface area contributed by atoms with Crippen molar-refractivity contribution in [3.8, 4) is 5.88 Å². The molecule has 1 N–H and O–H groups in total. The van der Waals surface area contributed by atoms with E-state index in [0.29, 0.717) is 48.1 Å². The molecule has 0 spiro atoms. The van der Waals surface area contributed by atoms with E-state index < -0.39 is 0 Å². The van der Waals surface area contributed by atoms with Crippen LogP contribution in [0.25, 0.3) is 10.2 Å². The fraction of sp³-hybridized carbons (Fsp3) is 0.417. The lowest BCUT2D eigenvalue weighted by atomic mass is 10.0. The maximum absolute atomic E-state index is 13.3. The summed E-state index contributed by atoms with van der Waals surface area (Å²) in [6.45, 7) is 5.28. The first-order chi connectivity index (χ1) is 15.9. The van der Waals surface area contributed by atoms with Crippen LogP contribution in [0.3, 0.4) is 0 Å². The number of likely N-dealkylation sites (tertiary alicyclic amines) is 1. The number of methoxy groups -OCH3 is 2. The van der Waals surface area contributed by atoms with Gasteiger partial charge in [-0.1, -0.05) is 18.2 Å². The third kappa shape index (κ3) is 4.69. The summed E-state index contributed by atoms with van der Waals surface area (Å²) in [6.07, 6.45) is 1.43.